The lowest BCUT2D eigenvalue weighted by atomic mass is 10.1. The molecule has 0 aromatic heterocycles. The van der Waals surface area contributed by atoms with Crippen molar-refractivity contribution in [2.45, 2.75) is 6.61 Å². The van der Waals surface area contributed by atoms with Crippen molar-refractivity contribution in [3.63, 3.8) is 0 Å². The fourth-order valence-corrected chi connectivity index (χ4v) is 2.08. The van der Waals surface area contributed by atoms with E-state index in [-0.39, 0.29) is 12.6 Å². The Morgan fingerprint density at radius 3 is 2.50 bits per heavy atom. The highest BCUT2D eigenvalue weighted by atomic mass is 16.5. The Bertz CT molecular complexity index is 786. The van der Waals surface area contributed by atoms with Crippen molar-refractivity contribution < 1.29 is 19.1 Å². The number of nitrogens with zero attached hydrogens (tertiary/aromatic N) is 1. The summed E-state index contributed by atoms with van der Waals surface area (Å²) in [6.07, 6.45) is 2.92. The molecule has 0 aliphatic carbocycles. The molecule has 0 heterocycles. The molecule has 0 radical (unpaired) electrons. The molecular formula is C20H22N2O4. The summed E-state index contributed by atoms with van der Waals surface area (Å²) >= 11 is 0. The minimum absolute atomic E-state index is 0.205. The van der Waals surface area contributed by atoms with Gasteiger partial charge in [0.1, 0.15) is 12.4 Å². The minimum atomic E-state index is -0.463. The number of benzene rings is 2. The van der Waals surface area contributed by atoms with Gasteiger partial charge in [-0.15, -0.1) is 0 Å². The lowest BCUT2D eigenvalue weighted by Gasteiger charge is -2.14. The molecule has 136 valence electrons. The predicted octanol–water partition coefficient (Wildman–Crippen LogP) is 3.55. The summed E-state index contributed by atoms with van der Waals surface area (Å²) in [7, 11) is 4.83. The van der Waals surface area contributed by atoms with E-state index in [4.69, 9.17) is 9.47 Å². The quantitative estimate of drug-likeness (QED) is 0.636. The zero-order valence-electron chi connectivity index (χ0n) is 15.1. The molecule has 2 amide bonds. The average Bonchev–Trinajstić information content (AvgIpc) is 2.65. The van der Waals surface area contributed by atoms with Crippen molar-refractivity contribution in [2.24, 2.45) is 0 Å². The van der Waals surface area contributed by atoms with Gasteiger partial charge < -0.3 is 19.7 Å². The van der Waals surface area contributed by atoms with E-state index in [1.807, 2.05) is 30.3 Å². The number of hydrogen-bond acceptors (Lipinski definition) is 4. The normalized spacial score (nSPS) is 10.4. The molecule has 0 fully saturated rings. The van der Waals surface area contributed by atoms with Gasteiger partial charge in [-0.2, -0.15) is 0 Å². The largest absolute Gasteiger partial charge is 0.497 e. The van der Waals surface area contributed by atoms with Gasteiger partial charge in [-0.25, -0.2) is 9.59 Å². The average molecular weight is 354 g/mol. The topological polar surface area (TPSA) is 67.9 Å². The van der Waals surface area contributed by atoms with Crippen LogP contribution in [0.25, 0.3) is 6.08 Å². The van der Waals surface area contributed by atoms with Gasteiger partial charge in [0, 0.05) is 26.2 Å². The van der Waals surface area contributed by atoms with Crippen molar-refractivity contribution in [3.05, 3.63) is 65.7 Å². The van der Waals surface area contributed by atoms with Crippen LogP contribution in [-0.4, -0.2) is 38.1 Å². The van der Waals surface area contributed by atoms with Crippen molar-refractivity contribution in [1.82, 2.24) is 4.90 Å². The van der Waals surface area contributed by atoms with Gasteiger partial charge in [-0.3, -0.25) is 0 Å². The molecule has 0 unspecified atom stereocenters. The Morgan fingerprint density at radius 1 is 1.12 bits per heavy atom. The first-order valence-electron chi connectivity index (χ1n) is 8.04. The highest BCUT2D eigenvalue weighted by Crippen LogP contribution is 2.24. The van der Waals surface area contributed by atoms with Gasteiger partial charge in [-0.1, -0.05) is 30.3 Å². The number of carbonyl (C=O) groups is 2. The van der Waals surface area contributed by atoms with E-state index in [2.05, 4.69) is 5.32 Å². The van der Waals surface area contributed by atoms with Crippen LogP contribution in [0, 0.1) is 0 Å². The van der Waals surface area contributed by atoms with E-state index in [1.54, 1.807) is 45.5 Å². The Kier molecular flexibility index (Phi) is 6.79. The predicted molar refractivity (Wildman–Crippen MR) is 101 cm³/mol. The second kappa shape index (κ2) is 9.27. The first-order valence-corrected chi connectivity index (χ1v) is 8.04. The Balaban J connectivity index is 2.07. The van der Waals surface area contributed by atoms with Crippen LogP contribution < -0.4 is 10.1 Å². The van der Waals surface area contributed by atoms with Crippen LogP contribution in [0.4, 0.5) is 10.5 Å². The van der Waals surface area contributed by atoms with Gasteiger partial charge in [0.25, 0.3) is 0 Å². The van der Waals surface area contributed by atoms with Gasteiger partial charge in [0.15, 0.2) is 0 Å². The fraction of sp³-hybridized carbons (Fsp3) is 0.200. The third kappa shape index (κ3) is 5.66. The van der Waals surface area contributed by atoms with Crippen LogP contribution in [0.5, 0.6) is 5.75 Å². The highest BCUT2D eigenvalue weighted by molar-refractivity contribution is 5.94. The Morgan fingerprint density at radius 2 is 1.85 bits per heavy atom. The zero-order valence-corrected chi connectivity index (χ0v) is 15.1. The molecular weight excluding hydrogens is 332 g/mol. The lowest BCUT2D eigenvalue weighted by molar-refractivity contribution is -0.138. The number of amides is 2. The number of anilines is 1. The maximum absolute atomic E-state index is 11.9. The lowest BCUT2D eigenvalue weighted by Crippen LogP contribution is -2.27. The van der Waals surface area contributed by atoms with Crippen LogP contribution in [-0.2, 0) is 16.1 Å². The molecule has 0 spiro atoms. The Hall–Kier alpha value is -3.28. The highest BCUT2D eigenvalue weighted by Gasteiger charge is 2.09. The molecule has 26 heavy (non-hydrogen) atoms. The molecule has 1 N–H and O–H groups in total. The molecule has 0 bridgehead atoms. The molecule has 0 aliphatic heterocycles. The number of ether oxygens (including phenoxy) is 2. The van der Waals surface area contributed by atoms with Gasteiger partial charge in [0.05, 0.1) is 12.8 Å². The first kappa shape index (κ1) is 19.1. The smallest absolute Gasteiger partial charge is 0.331 e. The van der Waals surface area contributed by atoms with E-state index in [0.29, 0.717) is 17.0 Å². The number of rotatable bonds is 6. The zero-order chi connectivity index (χ0) is 18.9. The number of methoxy groups -OCH3 is 1. The van der Waals surface area contributed by atoms with Crippen molar-refractivity contribution in [1.29, 1.82) is 0 Å². The maximum Gasteiger partial charge on any atom is 0.331 e. The fourth-order valence-electron chi connectivity index (χ4n) is 2.08. The van der Waals surface area contributed by atoms with E-state index in [9.17, 15) is 9.59 Å². The molecule has 2 rings (SSSR count). The number of urea groups is 1. The van der Waals surface area contributed by atoms with Crippen LogP contribution >= 0.6 is 0 Å². The molecule has 0 aliphatic rings. The van der Waals surface area contributed by atoms with E-state index < -0.39 is 5.97 Å². The van der Waals surface area contributed by atoms with Crippen LogP contribution in [0.15, 0.2) is 54.6 Å². The first-order chi connectivity index (χ1) is 12.5. The summed E-state index contributed by atoms with van der Waals surface area (Å²) in [5, 5.41) is 2.77. The molecule has 2 aromatic rings. The van der Waals surface area contributed by atoms with E-state index in [1.165, 1.54) is 11.0 Å². The second-order valence-corrected chi connectivity index (χ2v) is 5.70. The third-order valence-electron chi connectivity index (χ3n) is 3.53. The Labute approximate surface area is 153 Å². The monoisotopic (exact) mass is 354 g/mol. The number of carbonyl (C=O) groups excluding carboxylic acids is 2. The molecule has 0 saturated carbocycles. The van der Waals surface area contributed by atoms with Crippen molar-refractivity contribution in [2.75, 3.05) is 26.5 Å². The van der Waals surface area contributed by atoms with E-state index in [0.717, 1.165) is 5.56 Å². The molecule has 0 atom stereocenters. The summed E-state index contributed by atoms with van der Waals surface area (Å²) < 4.78 is 10.4. The van der Waals surface area contributed by atoms with Crippen LogP contribution in [0.3, 0.4) is 0 Å². The summed E-state index contributed by atoms with van der Waals surface area (Å²) in [6, 6.07) is 14.4. The van der Waals surface area contributed by atoms with Crippen LogP contribution in [0.1, 0.15) is 11.1 Å². The summed E-state index contributed by atoms with van der Waals surface area (Å²) in [5.41, 5.74) is 2.12. The van der Waals surface area contributed by atoms with Crippen molar-refractivity contribution >= 4 is 23.8 Å². The molecule has 0 saturated heterocycles. The standard InChI is InChI=1S/C20H22N2O4/c1-22(2)20(24)21-18-13-17(25-3)11-9-16(18)10-12-19(23)26-14-15-7-5-4-6-8-15/h4-13H,14H2,1-3H3,(H,21,24)/b12-10+. The summed E-state index contributed by atoms with van der Waals surface area (Å²) in [4.78, 5) is 25.3. The van der Waals surface area contributed by atoms with Crippen molar-refractivity contribution in [3.8, 4) is 5.75 Å². The minimum Gasteiger partial charge on any atom is -0.497 e. The maximum atomic E-state index is 11.9. The molecule has 2 aromatic carbocycles. The number of hydrogen-bond donors (Lipinski definition) is 1. The number of esters is 1. The summed E-state index contributed by atoms with van der Waals surface area (Å²) in [5.74, 6) is 0.136. The van der Waals surface area contributed by atoms with Gasteiger partial charge in [-0.05, 0) is 29.3 Å². The van der Waals surface area contributed by atoms with Crippen LogP contribution in [0.2, 0.25) is 0 Å². The van der Waals surface area contributed by atoms with Gasteiger partial charge in [0.2, 0.25) is 0 Å². The van der Waals surface area contributed by atoms with Gasteiger partial charge >= 0.3 is 12.0 Å². The molecule has 6 heteroatoms. The SMILES string of the molecule is COc1ccc(/C=C/C(=O)OCc2ccccc2)c(NC(=O)N(C)C)c1. The summed E-state index contributed by atoms with van der Waals surface area (Å²) in [6.45, 7) is 0.205. The molecule has 6 nitrogen and oxygen atoms in total. The second-order valence-electron chi connectivity index (χ2n) is 5.70. The van der Waals surface area contributed by atoms with E-state index >= 15 is 0 Å². The third-order valence-corrected chi connectivity index (χ3v) is 3.53. The number of nitrogens with one attached hydrogen (secondary N) is 1.